The summed E-state index contributed by atoms with van der Waals surface area (Å²) in [5.74, 6) is 2.25. The molecule has 2 aromatic rings. The fourth-order valence-corrected chi connectivity index (χ4v) is 4.32. The largest absolute Gasteiger partial charge is 0.346 e. The number of piperidine rings is 2. The Morgan fingerprint density at radius 3 is 3.00 bits per heavy atom. The number of carbonyl (C=O) groups excluding carboxylic acids is 1. The van der Waals surface area contributed by atoms with Gasteiger partial charge in [0.1, 0.15) is 5.82 Å². The molecule has 3 heterocycles. The van der Waals surface area contributed by atoms with Crippen LogP contribution in [0.1, 0.15) is 25.2 Å². The number of halogens is 1. The predicted molar refractivity (Wildman–Crippen MR) is 87.4 cm³/mol. The first-order valence-corrected chi connectivity index (χ1v) is 8.57. The summed E-state index contributed by atoms with van der Waals surface area (Å²) in [6, 6.07) is 3.87. The number of fused-ring (bicyclic) bond motifs is 3. The minimum Gasteiger partial charge on any atom is -0.346 e. The number of amides is 1. The second kappa shape index (κ2) is 5.35. The van der Waals surface area contributed by atoms with Gasteiger partial charge in [0.2, 0.25) is 5.91 Å². The van der Waals surface area contributed by atoms with Crippen molar-refractivity contribution in [3.05, 3.63) is 34.8 Å². The molecule has 0 unspecified atom stereocenters. The van der Waals surface area contributed by atoms with Crippen molar-refractivity contribution in [3.63, 3.8) is 0 Å². The van der Waals surface area contributed by atoms with E-state index in [2.05, 4.69) is 31.5 Å². The lowest BCUT2D eigenvalue weighted by molar-refractivity contribution is -0.137. The summed E-state index contributed by atoms with van der Waals surface area (Å²) in [7, 11) is 0. The molecule has 116 valence electrons. The standard InChI is InChI=1S/C16H19BrN4O/c1-9(15-19-8-13-12(17)3-2-4-21(13)15)20-16(22)14-10-5-11(14)7-18-6-10/h2-4,8-11,14,18H,5-7H2,1H3,(H,20,22)/t9-,10-,11+,14-/m0/s1. The lowest BCUT2D eigenvalue weighted by Gasteiger charge is -2.48. The lowest BCUT2D eigenvalue weighted by atomic mass is 9.62. The van der Waals surface area contributed by atoms with Crippen molar-refractivity contribution in [2.45, 2.75) is 19.4 Å². The fraction of sp³-hybridized carbons (Fsp3) is 0.500. The summed E-state index contributed by atoms with van der Waals surface area (Å²) < 4.78 is 3.03. The minimum atomic E-state index is -0.0985. The van der Waals surface area contributed by atoms with E-state index >= 15 is 0 Å². The highest BCUT2D eigenvalue weighted by Gasteiger charge is 2.47. The SMILES string of the molecule is C[C@H](NC(=O)[C@H]1[C@@H]2CNC[C@H]1C2)c1ncc2c(Br)cccn12. The topological polar surface area (TPSA) is 58.4 Å². The predicted octanol–water partition coefficient (Wildman–Crippen LogP) is 2.13. The quantitative estimate of drug-likeness (QED) is 0.879. The van der Waals surface area contributed by atoms with Crippen molar-refractivity contribution < 1.29 is 4.79 Å². The molecule has 1 aliphatic carbocycles. The molecule has 4 atom stereocenters. The van der Waals surface area contributed by atoms with Gasteiger partial charge in [-0.15, -0.1) is 0 Å². The third-order valence-electron chi connectivity index (χ3n) is 5.03. The minimum absolute atomic E-state index is 0.0985. The van der Waals surface area contributed by atoms with Gasteiger partial charge in [-0.25, -0.2) is 4.98 Å². The Bertz CT molecular complexity index is 714. The molecule has 2 fully saturated rings. The Hall–Kier alpha value is -1.40. The molecule has 2 aromatic heterocycles. The summed E-state index contributed by atoms with van der Waals surface area (Å²) in [5, 5.41) is 6.54. The van der Waals surface area contributed by atoms with Gasteiger partial charge < -0.3 is 15.0 Å². The van der Waals surface area contributed by atoms with E-state index < -0.39 is 0 Å². The van der Waals surface area contributed by atoms with Gasteiger partial charge in [-0.3, -0.25) is 4.79 Å². The van der Waals surface area contributed by atoms with Crippen molar-refractivity contribution in [1.82, 2.24) is 20.0 Å². The number of hydrogen-bond donors (Lipinski definition) is 2. The van der Waals surface area contributed by atoms with Gasteiger partial charge in [0.25, 0.3) is 0 Å². The van der Waals surface area contributed by atoms with Crippen LogP contribution in [0, 0.1) is 17.8 Å². The average Bonchev–Trinajstić information content (AvgIpc) is 2.93. The van der Waals surface area contributed by atoms with Crippen LogP contribution in [0.3, 0.4) is 0 Å². The molecule has 2 aliphatic rings. The third kappa shape index (κ3) is 2.16. The second-order valence-electron chi connectivity index (χ2n) is 6.40. The van der Waals surface area contributed by atoms with E-state index in [1.165, 1.54) is 6.42 Å². The number of carbonyl (C=O) groups is 1. The molecular formula is C16H19BrN4O. The molecule has 0 radical (unpaired) electrons. The van der Waals surface area contributed by atoms with Crippen molar-refractivity contribution in [2.75, 3.05) is 13.1 Å². The molecule has 22 heavy (non-hydrogen) atoms. The van der Waals surface area contributed by atoms with Crippen LogP contribution in [-0.4, -0.2) is 28.4 Å². The van der Waals surface area contributed by atoms with Crippen molar-refractivity contribution in [3.8, 4) is 0 Å². The summed E-state index contributed by atoms with van der Waals surface area (Å²) in [5.41, 5.74) is 1.02. The molecule has 6 heteroatoms. The van der Waals surface area contributed by atoms with E-state index in [0.717, 1.165) is 28.9 Å². The molecular weight excluding hydrogens is 344 g/mol. The van der Waals surface area contributed by atoms with Gasteiger partial charge in [-0.1, -0.05) is 0 Å². The Morgan fingerprint density at radius 2 is 2.27 bits per heavy atom. The first kappa shape index (κ1) is 14.2. The summed E-state index contributed by atoms with van der Waals surface area (Å²) >= 11 is 3.53. The molecule has 1 aliphatic heterocycles. The van der Waals surface area contributed by atoms with E-state index in [1.807, 2.05) is 35.9 Å². The number of imidazole rings is 1. The zero-order chi connectivity index (χ0) is 15.3. The molecule has 5 nitrogen and oxygen atoms in total. The highest BCUT2D eigenvalue weighted by molar-refractivity contribution is 9.10. The maximum absolute atomic E-state index is 12.6. The van der Waals surface area contributed by atoms with Crippen molar-refractivity contribution >= 4 is 27.4 Å². The van der Waals surface area contributed by atoms with Gasteiger partial charge in [-0.05, 0) is 66.3 Å². The smallest absolute Gasteiger partial charge is 0.224 e. The number of nitrogens with zero attached hydrogens (tertiary/aromatic N) is 2. The van der Waals surface area contributed by atoms with Crippen LogP contribution in [0.4, 0.5) is 0 Å². The summed E-state index contributed by atoms with van der Waals surface area (Å²) in [6.07, 6.45) is 5.01. The summed E-state index contributed by atoms with van der Waals surface area (Å²) in [6.45, 7) is 3.95. The molecule has 1 saturated carbocycles. The van der Waals surface area contributed by atoms with Crippen LogP contribution in [-0.2, 0) is 4.79 Å². The number of rotatable bonds is 3. The second-order valence-corrected chi connectivity index (χ2v) is 7.25. The van der Waals surface area contributed by atoms with Crippen LogP contribution < -0.4 is 10.6 Å². The van der Waals surface area contributed by atoms with E-state index in [1.54, 1.807) is 0 Å². The van der Waals surface area contributed by atoms with Crippen molar-refractivity contribution in [2.24, 2.45) is 17.8 Å². The zero-order valence-electron chi connectivity index (χ0n) is 12.4. The molecule has 2 N–H and O–H groups in total. The first-order chi connectivity index (χ1) is 10.6. The molecule has 0 aromatic carbocycles. The Labute approximate surface area is 137 Å². The fourth-order valence-electron chi connectivity index (χ4n) is 3.88. The van der Waals surface area contributed by atoms with E-state index in [9.17, 15) is 4.79 Å². The highest BCUT2D eigenvalue weighted by atomic mass is 79.9. The van der Waals surface area contributed by atoms with E-state index in [0.29, 0.717) is 11.8 Å². The molecule has 4 rings (SSSR count). The third-order valence-corrected chi connectivity index (χ3v) is 5.70. The van der Waals surface area contributed by atoms with Crippen LogP contribution in [0.25, 0.3) is 5.52 Å². The van der Waals surface area contributed by atoms with Crippen LogP contribution in [0.15, 0.2) is 29.0 Å². The average molecular weight is 363 g/mol. The lowest BCUT2D eigenvalue weighted by Crippen LogP contribution is -2.58. The van der Waals surface area contributed by atoms with Gasteiger partial charge in [0.15, 0.2) is 0 Å². The van der Waals surface area contributed by atoms with E-state index in [4.69, 9.17) is 0 Å². The Morgan fingerprint density at radius 1 is 1.50 bits per heavy atom. The van der Waals surface area contributed by atoms with Crippen LogP contribution >= 0.6 is 15.9 Å². The van der Waals surface area contributed by atoms with E-state index in [-0.39, 0.29) is 17.9 Å². The normalized spacial score (nSPS) is 28.2. The monoisotopic (exact) mass is 362 g/mol. The van der Waals surface area contributed by atoms with Crippen LogP contribution in [0.2, 0.25) is 0 Å². The highest BCUT2D eigenvalue weighted by Crippen LogP contribution is 2.42. The van der Waals surface area contributed by atoms with Gasteiger partial charge in [0, 0.05) is 16.6 Å². The van der Waals surface area contributed by atoms with Gasteiger partial charge >= 0.3 is 0 Å². The molecule has 1 saturated heterocycles. The van der Waals surface area contributed by atoms with Crippen molar-refractivity contribution in [1.29, 1.82) is 0 Å². The molecule has 1 amide bonds. The number of aromatic nitrogens is 2. The number of hydrogen-bond acceptors (Lipinski definition) is 3. The number of nitrogens with one attached hydrogen (secondary N) is 2. The maximum Gasteiger partial charge on any atom is 0.224 e. The zero-order valence-corrected chi connectivity index (χ0v) is 14.0. The van der Waals surface area contributed by atoms with Gasteiger partial charge in [-0.2, -0.15) is 0 Å². The first-order valence-electron chi connectivity index (χ1n) is 7.77. The Balaban J connectivity index is 1.53. The molecule has 0 spiro atoms. The number of pyridine rings is 1. The van der Waals surface area contributed by atoms with Gasteiger partial charge in [0.05, 0.1) is 17.8 Å². The van der Waals surface area contributed by atoms with Crippen LogP contribution in [0.5, 0.6) is 0 Å². The maximum atomic E-state index is 12.6. The summed E-state index contributed by atoms with van der Waals surface area (Å²) in [4.78, 5) is 17.1. The molecule has 2 bridgehead atoms. The Kier molecular flexibility index (Phi) is 3.46.